The third kappa shape index (κ3) is 3.20. The molecule has 0 aliphatic carbocycles. The smallest absolute Gasteiger partial charge is 0.276 e. The summed E-state index contributed by atoms with van der Waals surface area (Å²) in [6.45, 7) is 7.50. The van der Waals surface area contributed by atoms with Crippen LogP contribution < -0.4 is 5.56 Å². The van der Waals surface area contributed by atoms with Crippen LogP contribution in [-0.4, -0.2) is 19.7 Å². The van der Waals surface area contributed by atoms with E-state index in [2.05, 4.69) is 21.6 Å². The van der Waals surface area contributed by atoms with Crippen molar-refractivity contribution in [3.63, 3.8) is 0 Å². The van der Waals surface area contributed by atoms with Gasteiger partial charge in [-0.2, -0.15) is 0 Å². The number of H-pyrrole nitrogens is 1. The lowest BCUT2D eigenvalue weighted by Gasteiger charge is -2.06. The topological polar surface area (TPSA) is 63.6 Å². The maximum atomic E-state index is 12.6. The van der Waals surface area contributed by atoms with Gasteiger partial charge in [-0.1, -0.05) is 36.4 Å². The fraction of sp³-hybridized carbons (Fsp3) is 0.211. The van der Waals surface area contributed by atoms with Gasteiger partial charge in [-0.3, -0.25) is 9.89 Å². The minimum absolute atomic E-state index is 0.0869. The zero-order valence-electron chi connectivity index (χ0n) is 13.9. The first-order chi connectivity index (χ1) is 11.6. The molecule has 2 aromatic heterocycles. The number of aromatic amines is 1. The first-order valence-corrected chi connectivity index (χ1v) is 7.88. The van der Waals surface area contributed by atoms with Crippen molar-refractivity contribution in [1.82, 2.24) is 19.7 Å². The van der Waals surface area contributed by atoms with Gasteiger partial charge in [0.15, 0.2) is 5.82 Å². The highest BCUT2D eigenvalue weighted by Crippen LogP contribution is 2.11. The molecule has 0 saturated carbocycles. The summed E-state index contributed by atoms with van der Waals surface area (Å²) in [5.41, 5.74) is 3.43. The summed E-state index contributed by atoms with van der Waals surface area (Å²) in [5.74, 6) is 1.26. The van der Waals surface area contributed by atoms with Crippen LogP contribution >= 0.6 is 0 Å². The summed E-state index contributed by atoms with van der Waals surface area (Å²) in [7, 11) is 0. The molecule has 3 rings (SSSR count). The Balaban J connectivity index is 2.02. The van der Waals surface area contributed by atoms with Crippen molar-refractivity contribution in [2.45, 2.75) is 26.7 Å². The van der Waals surface area contributed by atoms with Crippen LogP contribution in [-0.2, 0) is 12.8 Å². The minimum atomic E-state index is -0.0869. The van der Waals surface area contributed by atoms with Gasteiger partial charge >= 0.3 is 0 Å². The normalized spacial score (nSPS) is 10.8. The van der Waals surface area contributed by atoms with E-state index in [9.17, 15) is 4.79 Å². The molecule has 0 atom stereocenters. The monoisotopic (exact) mass is 320 g/mol. The second kappa shape index (κ2) is 6.66. The van der Waals surface area contributed by atoms with Crippen molar-refractivity contribution < 1.29 is 0 Å². The highest BCUT2D eigenvalue weighted by molar-refractivity contribution is 5.30. The van der Waals surface area contributed by atoms with Gasteiger partial charge in [-0.25, -0.2) is 14.6 Å². The highest BCUT2D eigenvalue weighted by atomic mass is 16.1. The van der Waals surface area contributed by atoms with E-state index in [4.69, 9.17) is 0 Å². The molecular formula is C19H20N4O. The molecule has 0 fully saturated rings. The Labute approximate surface area is 140 Å². The first-order valence-electron chi connectivity index (χ1n) is 7.88. The number of hydrogen-bond donors (Lipinski definition) is 1. The standard InChI is InChI=1S/C19H20N4O/c1-4-8-16-14(3)22-23(19(16)24)18-11-13(2)20-17(21-18)12-15-9-6-5-7-10-15/h4-7,9-11,22H,1,8,12H2,2-3H3. The predicted molar refractivity (Wildman–Crippen MR) is 94.6 cm³/mol. The number of rotatable bonds is 5. The Morgan fingerprint density at radius 1 is 1.21 bits per heavy atom. The summed E-state index contributed by atoms with van der Waals surface area (Å²) in [6, 6.07) is 11.9. The number of benzene rings is 1. The van der Waals surface area contributed by atoms with Gasteiger partial charge < -0.3 is 0 Å². The van der Waals surface area contributed by atoms with Crippen LogP contribution in [0.25, 0.3) is 5.82 Å². The van der Waals surface area contributed by atoms with Crippen molar-refractivity contribution in [3.05, 3.63) is 87.7 Å². The summed E-state index contributed by atoms with van der Waals surface area (Å²) < 4.78 is 1.48. The predicted octanol–water partition coefficient (Wildman–Crippen LogP) is 2.89. The molecule has 0 bridgehead atoms. The maximum Gasteiger partial charge on any atom is 0.276 e. The Morgan fingerprint density at radius 2 is 1.96 bits per heavy atom. The zero-order valence-corrected chi connectivity index (χ0v) is 13.9. The van der Waals surface area contributed by atoms with Crippen LogP contribution in [0.1, 0.15) is 28.3 Å². The first kappa shape index (κ1) is 15.9. The molecule has 0 aliphatic heterocycles. The van der Waals surface area contributed by atoms with Gasteiger partial charge in [-0.15, -0.1) is 6.58 Å². The third-order valence-electron chi connectivity index (χ3n) is 3.86. The average molecular weight is 320 g/mol. The van der Waals surface area contributed by atoms with Crippen molar-refractivity contribution in [2.75, 3.05) is 0 Å². The molecule has 5 nitrogen and oxygen atoms in total. The summed E-state index contributed by atoms with van der Waals surface area (Å²) in [5, 5.41) is 3.10. The van der Waals surface area contributed by atoms with Gasteiger partial charge in [0.1, 0.15) is 5.82 Å². The van der Waals surface area contributed by atoms with E-state index in [1.165, 1.54) is 4.68 Å². The van der Waals surface area contributed by atoms with E-state index in [-0.39, 0.29) is 5.56 Å². The van der Waals surface area contributed by atoms with Crippen LogP contribution in [0.2, 0.25) is 0 Å². The number of nitrogens with one attached hydrogen (secondary N) is 1. The second-order valence-corrected chi connectivity index (χ2v) is 5.79. The number of nitrogens with zero attached hydrogens (tertiary/aromatic N) is 3. The minimum Gasteiger partial charge on any atom is -0.294 e. The van der Waals surface area contributed by atoms with E-state index in [0.717, 1.165) is 17.0 Å². The van der Waals surface area contributed by atoms with E-state index in [1.807, 2.05) is 50.2 Å². The van der Waals surface area contributed by atoms with E-state index >= 15 is 0 Å². The molecule has 5 heteroatoms. The molecule has 0 amide bonds. The van der Waals surface area contributed by atoms with Gasteiger partial charge in [0.25, 0.3) is 5.56 Å². The number of allylic oxidation sites excluding steroid dienone is 1. The van der Waals surface area contributed by atoms with E-state index in [1.54, 1.807) is 6.08 Å². The second-order valence-electron chi connectivity index (χ2n) is 5.79. The van der Waals surface area contributed by atoms with Gasteiger partial charge in [0.2, 0.25) is 0 Å². The number of aryl methyl sites for hydroxylation is 2. The zero-order chi connectivity index (χ0) is 17.1. The maximum absolute atomic E-state index is 12.6. The molecule has 0 spiro atoms. The Hall–Kier alpha value is -2.95. The Bertz CT molecular complexity index is 922. The average Bonchev–Trinajstić information content (AvgIpc) is 2.84. The molecule has 0 aliphatic rings. The molecular weight excluding hydrogens is 300 g/mol. The van der Waals surface area contributed by atoms with Crippen molar-refractivity contribution in [3.8, 4) is 5.82 Å². The van der Waals surface area contributed by atoms with Crippen LogP contribution in [0.4, 0.5) is 0 Å². The molecule has 0 radical (unpaired) electrons. The summed E-state index contributed by atoms with van der Waals surface area (Å²) >= 11 is 0. The molecule has 3 aromatic rings. The number of hydrogen-bond acceptors (Lipinski definition) is 3. The molecule has 2 heterocycles. The SMILES string of the molecule is C=CCc1c(C)[nH]n(-c2cc(C)nc(Cc3ccccc3)n2)c1=O. The van der Waals surface area contributed by atoms with Crippen LogP contribution in [0.15, 0.2) is 53.8 Å². The van der Waals surface area contributed by atoms with Gasteiger partial charge in [0, 0.05) is 29.4 Å². The fourth-order valence-corrected chi connectivity index (χ4v) is 2.71. The van der Waals surface area contributed by atoms with E-state index in [0.29, 0.717) is 30.0 Å². The Kier molecular flexibility index (Phi) is 4.42. The lowest BCUT2D eigenvalue weighted by Crippen LogP contribution is -2.19. The largest absolute Gasteiger partial charge is 0.294 e. The molecule has 0 unspecified atom stereocenters. The van der Waals surface area contributed by atoms with Crippen LogP contribution in [0.5, 0.6) is 0 Å². The number of aromatic nitrogens is 4. The molecule has 1 aromatic carbocycles. The van der Waals surface area contributed by atoms with Crippen LogP contribution in [0, 0.1) is 13.8 Å². The molecule has 122 valence electrons. The highest BCUT2D eigenvalue weighted by Gasteiger charge is 2.13. The van der Waals surface area contributed by atoms with Crippen molar-refractivity contribution >= 4 is 0 Å². The summed E-state index contributed by atoms with van der Waals surface area (Å²) in [6.07, 6.45) is 2.90. The van der Waals surface area contributed by atoms with Gasteiger partial charge in [-0.05, 0) is 25.8 Å². The molecule has 1 N–H and O–H groups in total. The molecule has 0 saturated heterocycles. The quantitative estimate of drug-likeness (QED) is 0.735. The van der Waals surface area contributed by atoms with E-state index < -0.39 is 0 Å². The lowest BCUT2D eigenvalue weighted by molar-refractivity contribution is 0.781. The third-order valence-corrected chi connectivity index (χ3v) is 3.86. The van der Waals surface area contributed by atoms with Crippen molar-refractivity contribution in [2.24, 2.45) is 0 Å². The Morgan fingerprint density at radius 3 is 2.67 bits per heavy atom. The summed E-state index contributed by atoms with van der Waals surface area (Å²) in [4.78, 5) is 21.6. The fourth-order valence-electron chi connectivity index (χ4n) is 2.71. The lowest BCUT2D eigenvalue weighted by atomic mass is 10.1. The van der Waals surface area contributed by atoms with Crippen molar-refractivity contribution in [1.29, 1.82) is 0 Å². The van der Waals surface area contributed by atoms with Gasteiger partial charge in [0.05, 0.1) is 0 Å². The van der Waals surface area contributed by atoms with Crippen LogP contribution in [0.3, 0.4) is 0 Å². The molecule has 24 heavy (non-hydrogen) atoms.